The Morgan fingerprint density at radius 2 is 1.82 bits per heavy atom. The molecule has 0 atom stereocenters. The van der Waals surface area contributed by atoms with Crippen molar-refractivity contribution in [3.05, 3.63) is 85.8 Å². The van der Waals surface area contributed by atoms with E-state index < -0.39 is 10.9 Å². The lowest BCUT2D eigenvalue weighted by Crippen LogP contribution is -2.03. The number of halogens is 2. The third kappa shape index (κ3) is 4.41. The summed E-state index contributed by atoms with van der Waals surface area (Å²) in [6.07, 6.45) is 3.21. The zero-order valence-corrected chi connectivity index (χ0v) is 18.5. The molecule has 0 aliphatic heterocycles. The normalized spacial score (nSPS) is 10.9. The van der Waals surface area contributed by atoms with Crippen LogP contribution in [0.2, 0.25) is 10.0 Å². The molecule has 1 N–H and O–H groups in total. The minimum Gasteiger partial charge on any atom is -0.497 e. The number of nitrogens with zero attached hydrogens (tertiary/aromatic N) is 4. The standard InChI is InChI=1S/C22H14Cl2N4O5/c1-33-14-2-3-15-16(7-14)21(11-4-12(22(29)30)6-13(5-11)28(31)32)27-26-20(15)8-17-18(23)9-25-10-19(17)24/h2-7,9-10H,8H2,1H3,(H,29,30). The van der Waals surface area contributed by atoms with Gasteiger partial charge in [0.25, 0.3) is 5.69 Å². The number of non-ortho nitro benzene ring substituents is 1. The molecular weight excluding hydrogens is 471 g/mol. The molecule has 0 amide bonds. The van der Waals surface area contributed by atoms with E-state index in [1.807, 2.05) is 0 Å². The Morgan fingerprint density at radius 3 is 2.45 bits per heavy atom. The highest BCUT2D eigenvalue weighted by Crippen LogP contribution is 2.35. The van der Waals surface area contributed by atoms with E-state index in [0.29, 0.717) is 37.8 Å². The van der Waals surface area contributed by atoms with Crippen LogP contribution in [0.25, 0.3) is 22.0 Å². The van der Waals surface area contributed by atoms with Crippen LogP contribution < -0.4 is 4.74 Å². The summed E-state index contributed by atoms with van der Waals surface area (Å²) in [4.78, 5) is 26.2. The van der Waals surface area contributed by atoms with Gasteiger partial charge in [-0.3, -0.25) is 15.1 Å². The average molecular weight is 485 g/mol. The predicted octanol–water partition coefficient (Wildman–Crippen LogP) is 5.20. The van der Waals surface area contributed by atoms with Crippen LogP contribution in [0, 0.1) is 10.1 Å². The number of nitro groups is 1. The zero-order valence-electron chi connectivity index (χ0n) is 17.0. The summed E-state index contributed by atoms with van der Waals surface area (Å²) < 4.78 is 5.33. The van der Waals surface area contributed by atoms with Gasteiger partial charge in [-0.1, -0.05) is 23.2 Å². The number of rotatable bonds is 6. The van der Waals surface area contributed by atoms with Crippen LogP contribution in [-0.4, -0.2) is 38.3 Å². The highest BCUT2D eigenvalue weighted by Gasteiger charge is 2.20. The number of aromatic carboxylic acids is 1. The molecule has 0 radical (unpaired) electrons. The van der Waals surface area contributed by atoms with Gasteiger partial charge in [0.05, 0.1) is 33.3 Å². The molecule has 9 nitrogen and oxygen atoms in total. The molecule has 0 spiro atoms. The Balaban J connectivity index is 1.95. The summed E-state index contributed by atoms with van der Waals surface area (Å²) in [7, 11) is 1.50. The van der Waals surface area contributed by atoms with Gasteiger partial charge in [-0.2, -0.15) is 5.10 Å². The maximum absolute atomic E-state index is 11.5. The fraction of sp³-hybridized carbons (Fsp3) is 0.0909. The number of nitro benzene ring substituents is 1. The molecule has 0 aliphatic rings. The molecule has 4 aromatic rings. The Kier molecular flexibility index (Phi) is 6.08. The number of benzene rings is 2. The van der Waals surface area contributed by atoms with Crippen LogP contribution >= 0.6 is 23.2 Å². The van der Waals surface area contributed by atoms with Crippen LogP contribution in [-0.2, 0) is 6.42 Å². The first-order valence-electron chi connectivity index (χ1n) is 9.42. The number of ether oxygens (including phenoxy) is 1. The summed E-state index contributed by atoms with van der Waals surface area (Å²) in [6, 6.07) is 8.78. The van der Waals surface area contributed by atoms with Crippen molar-refractivity contribution in [2.75, 3.05) is 7.11 Å². The van der Waals surface area contributed by atoms with E-state index in [0.717, 1.165) is 6.07 Å². The van der Waals surface area contributed by atoms with Crippen molar-refractivity contribution in [3.8, 4) is 17.0 Å². The molecule has 0 saturated carbocycles. The fourth-order valence-electron chi connectivity index (χ4n) is 3.41. The van der Waals surface area contributed by atoms with Crippen LogP contribution in [0.4, 0.5) is 5.69 Å². The summed E-state index contributed by atoms with van der Waals surface area (Å²) >= 11 is 12.5. The van der Waals surface area contributed by atoms with Gasteiger partial charge in [0.2, 0.25) is 0 Å². The van der Waals surface area contributed by atoms with Gasteiger partial charge in [-0.25, -0.2) is 4.79 Å². The smallest absolute Gasteiger partial charge is 0.335 e. The number of hydrogen-bond acceptors (Lipinski definition) is 7. The maximum Gasteiger partial charge on any atom is 0.335 e. The molecule has 4 rings (SSSR count). The molecule has 0 saturated heterocycles. The molecule has 2 heterocycles. The Morgan fingerprint density at radius 1 is 1.09 bits per heavy atom. The largest absolute Gasteiger partial charge is 0.497 e. The van der Waals surface area contributed by atoms with Crippen molar-refractivity contribution in [1.82, 2.24) is 15.2 Å². The SMILES string of the molecule is COc1ccc2c(Cc3c(Cl)cncc3Cl)nnc(-c3cc(C(=O)O)cc([N+](=O)[O-])c3)c2c1. The van der Waals surface area contributed by atoms with E-state index in [2.05, 4.69) is 15.2 Å². The number of aromatic nitrogens is 3. The molecule has 0 unspecified atom stereocenters. The first-order valence-corrected chi connectivity index (χ1v) is 10.2. The van der Waals surface area contributed by atoms with E-state index >= 15 is 0 Å². The summed E-state index contributed by atoms with van der Waals surface area (Å²) in [6.45, 7) is 0. The molecule has 0 bridgehead atoms. The summed E-state index contributed by atoms with van der Waals surface area (Å²) in [5, 5.41) is 31.4. The predicted molar refractivity (Wildman–Crippen MR) is 122 cm³/mol. The van der Waals surface area contributed by atoms with Gasteiger partial charge < -0.3 is 9.84 Å². The first-order chi connectivity index (χ1) is 15.8. The second-order valence-electron chi connectivity index (χ2n) is 7.00. The summed E-state index contributed by atoms with van der Waals surface area (Å²) in [5.74, 6) is -0.778. The Hall–Kier alpha value is -3.82. The van der Waals surface area contributed by atoms with Gasteiger partial charge in [-0.15, -0.1) is 5.10 Å². The first kappa shape index (κ1) is 22.4. The quantitative estimate of drug-likeness (QED) is 0.291. The van der Waals surface area contributed by atoms with Crippen LogP contribution in [0.3, 0.4) is 0 Å². The number of pyridine rings is 1. The van der Waals surface area contributed by atoms with Crippen molar-refractivity contribution in [2.24, 2.45) is 0 Å². The van der Waals surface area contributed by atoms with Gasteiger partial charge in [0.15, 0.2) is 0 Å². The number of methoxy groups -OCH3 is 1. The highest BCUT2D eigenvalue weighted by molar-refractivity contribution is 6.35. The number of hydrogen-bond donors (Lipinski definition) is 1. The second-order valence-corrected chi connectivity index (χ2v) is 7.81. The Labute approximate surface area is 196 Å². The molecular formula is C22H14Cl2N4O5. The van der Waals surface area contributed by atoms with Gasteiger partial charge in [0.1, 0.15) is 11.4 Å². The average Bonchev–Trinajstić information content (AvgIpc) is 2.80. The summed E-state index contributed by atoms with van der Waals surface area (Å²) in [5.41, 5.74) is 1.06. The topological polar surface area (TPSA) is 128 Å². The van der Waals surface area contributed by atoms with Crippen molar-refractivity contribution in [3.63, 3.8) is 0 Å². The third-order valence-electron chi connectivity index (χ3n) is 5.01. The Bertz CT molecular complexity index is 1380. The van der Waals surface area contributed by atoms with Crippen molar-refractivity contribution in [2.45, 2.75) is 6.42 Å². The number of carbonyl (C=O) groups is 1. The fourth-order valence-corrected chi connectivity index (χ4v) is 3.91. The molecule has 33 heavy (non-hydrogen) atoms. The minimum absolute atomic E-state index is 0.235. The van der Waals surface area contributed by atoms with Gasteiger partial charge in [0, 0.05) is 47.3 Å². The molecule has 2 aromatic carbocycles. The second kappa shape index (κ2) is 8.97. The monoisotopic (exact) mass is 484 g/mol. The third-order valence-corrected chi connectivity index (χ3v) is 5.66. The maximum atomic E-state index is 11.5. The lowest BCUT2D eigenvalue weighted by molar-refractivity contribution is -0.384. The van der Waals surface area contributed by atoms with Crippen molar-refractivity contribution in [1.29, 1.82) is 0 Å². The van der Waals surface area contributed by atoms with Crippen LogP contribution in [0.5, 0.6) is 5.75 Å². The number of fused-ring (bicyclic) bond motifs is 1. The van der Waals surface area contributed by atoms with Crippen molar-refractivity contribution >= 4 is 45.6 Å². The molecule has 11 heteroatoms. The van der Waals surface area contributed by atoms with Crippen molar-refractivity contribution < 1.29 is 19.6 Å². The zero-order chi connectivity index (χ0) is 23.7. The molecule has 0 aliphatic carbocycles. The lowest BCUT2D eigenvalue weighted by Gasteiger charge is -2.12. The molecule has 2 aromatic heterocycles. The number of carboxylic acids is 1. The van der Waals surface area contributed by atoms with Gasteiger partial charge >= 0.3 is 5.97 Å². The number of carboxylic acid groups (broad SMARTS) is 1. The van der Waals surface area contributed by atoms with E-state index in [-0.39, 0.29) is 28.9 Å². The molecule has 0 fully saturated rings. The van der Waals surface area contributed by atoms with Crippen LogP contribution in [0.15, 0.2) is 48.8 Å². The van der Waals surface area contributed by atoms with E-state index in [9.17, 15) is 20.0 Å². The van der Waals surface area contributed by atoms with Gasteiger partial charge in [-0.05, 0) is 29.8 Å². The van der Waals surface area contributed by atoms with E-state index in [4.69, 9.17) is 27.9 Å². The molecule has 166 valence electrons. The van der Waals surface area contributed by atoms with E-state index in [1.54, 1.807) is 18.2 Å². The van der Waals surface area contributed by atoms with E-state index in [1.165, 1.54) is 31.6 Å². The van der Waals surface area contributed by atoms with Crippen LogP contribution in [0.1, 0.15) is 21.6 Å². The highest BCUT2D eigenvalue weighted by atomic mass is 35.5. The lowest BCUT2D eigenvalue weighted by atomic mass is 9.99. The minimum atomic E-state index is -1.30.